The quantitative estimate of drug-likeness (QED) is 0.818. The number of benzene rings is 1. The molecule has 106 valence electrons. The first-order valence-electron chi connectivity index (χ1n) is 6.22. The molecule has 1 atom stereocenters. The van der Waals surface area contributed by atoms with E-state index in [9.17, 15) is 9.90 Å². The van der Waals surface area contributed by atoms with Gasteiger partial charge in [0.2, 0.25) is 5.91 Å². The van der Waals surface area contributed by atoms with Crippen LogP contribution in [-0.4, -0.2) is 43.2 Å². The number of ether oxygens (including phenoxy) is 1. The van der Waals surface area contributed by atoms with Gasteiger partial charge in [-0.15, -0.1) is 0 Å². The molecule has 0 spiro atoms. The number of anilines is 1. The van der Waals surface area contributed by atoms with Gasteiger partial charge in [-0.25, -0.2) is 0 Å². The molecule has 2 N–H and O–H groups in total. The Morgan fingerprint density at radius 3 is 2.68 bits per heavy atom. The summed E-state index contributed by atoms with van der Waals surface area (Å²) in [5.74, 6) is 0.737. The van der Waals surface area contributed by atoms with Crippen molar-refractivity contribution < 1.29 is 14.6 Å². The molecule has 0 aliphatic carbocycles. The number of amides is 1. The van der Waals surface area contributed by atoms with E-state index in [1.165, 1.54) is 0 Å². The molecule has 19 heavy (non-hydrogen) atoms. The van der Waals surface area contributed by atoms with E-state index in [0.29, 0.717) is 12.2 Å². The highest BCUT2D eigenvalue weighted by atomic mass is 16.5. The molecule has 1 aromatic carbocycles. The molecular weight excluding hydrogens is 244 g/mol. The Hall–Kier alpha value is -1.75. The first-order valence-corrected chi connectivity index (χ1v) is 6.22. The zero-order valence-corrected chi connectivity index (χ0v) is 11.9. The SMILES string of the molecule is COc1ccc(NC(C)CC(=O)N(C)C)cc1CO. The minimum Gasteiger partial charge on any atom is -0.496 e. The molecule has 1 unspecified atom stereocenters. The van der Waals surface area contributed by atoms with Crippen LogP contribution in [-0.2, 0) is 11.4 Å². The minimum atomic E-state index is -0.0797. The molecule has 0 radical (unpaired) electrons. The van der Waals surface area contributed by atoms with E-state index in [4.69, 9.17) is 4.74 Å². The molecule has 0 heterocycles. The van der Waals surface area contributed by atoms with E-state index in [2.05, 4.69) is 5.32 Å². The lowest BCUT2D eigenvalue weighted by Gasteiger charge is -2.18. The van der Waals surface area contributed by atoms with Crippen LogP contribution in [0.1, 0.15) is 18.9 Å². The number of carbonyl (C=O) groups is 1. The van der Waals surface area contributed by atoms with Crippen molar-refractivity contribution in [3.05, 3.63) is 23.8 Å². The zero-order chi connectivity index (χ0) is 14.4. The second-order valence-corrected chi connectivity index (χ2v) is 4.72. The van der Waals surface area contributed by atoms with Crippen molar-refractivity contribution >= 4 is 11.6 Å². The third-order valence-corrected chi connectivity index (χ3v) is 2.84. The third kappa shape index (κ3) is 4.44. The van der Waals surface area contributed by atoms with Crippen molar-refractivity contribution in [3.8, 4) is 5.75 Å². The van der Waals surface area contributed by atoms with Gasteiger partial charge in [0.05, 0.1) is 13.7 Å². The molecule has 0 aromatic heterocycles. The fourth-order valence-corrected chi connectivity index (χ4v) is 1.77. The lowest BCUT2D eigenvalue weighted by Crippen LogP contribution is -2.28. The summed E-state index contributed by atoms with van der Waals surface area (Å²) in [6.07, 6.45) is 0.424. The highest BCUT2D eigenvalue weighted by Crippen LogP contribution is 2.23. The van der Waals surface area contributed by atoms with Gasteiger partial charge in [0.25, 0.3) is 0 Å². The summed E-state index contributed by atoms with van der Waals surface area (Å²) in [6.45, 7) is 1.87. The van der Waals surface area contributed by atoms with E-state index in [1.54, 1.807) is 32.2 Å². The van der Waals surface area contributed by atoms with Crippen molar-refractivity contribution in [2.24, 2.45) is 0 Å². The zero-order valence-electron chi connectivity index (χ0n) is 11.9. The predicted octanol–water partition coefficient (Wildman–Crippen LogP) is 1.47. The average Bonchev–Trinajstić information content (AvgIpc) is 2.38. The molecule has 0 aliphatic heterocycles. The number of rotatable bonds is 6. The van der Waals surface area contributed by atoms with Crippen molar-refractivity contribution in [1.29, 1.82) is 0 Å². The molecule has 1 aromatic rings. The topological polar surface area (TPSA) is 61.8 Å². The van der Waals surface area contributed by atoms with Crippen LogP contribution in [0.3, 0.4) is 0 Å². The Bertz CT molecular complexity index is 433. The van der Waals surface area contributed by atoms with Gasteiger partial charge >= 0.3 is 0 Å². The normalized spacial score (nSPS) is 11.8. The summed E-state index contributed by atoms with van der Waals surface area (Å²) in [5.41, 5.74) is 1.59. The van der Waals surface area contributed by atoms with E-state index in [1.807, 2.05) is 19.1 Å². The first kappa shape index (κ1) is 15.3. The highest BCUT2D eigenvalue weighted by Gasteiger charge is 2.11. The summed E-state index contributed by atoms with van der Waals surface area (Å²) in [5, 5.41) is 12.5. The van der Waals surface area contributed by atoms with Crippen LogP contribution >= 0.6 is 0 Å². The van der Waals surface area contributed by atoms with Gasteiger partial charge in [-0.05, 0) is 25.1 Å². The molecule has 5 heteroatoms. The van der Waals surface area contributed by atoms with E-state index in [0.717, 1.165) is 11.3 Å². The number of aliphatic hydroxyl groups is 1. The lowest BCUT2D eigenvalue weighted by atomic mass is 10.1. The van der Waals surface area contributed by atoms with Gasteiger partial charge in [-0.1, -0.05) is 0 Å². The molecule has 5 nitrogen and oxygen atoms in total. The monoisotopic (exact) mass is 266 g/mol. The van der Waals surface area contributed by atoms with Gasteiger partial charge in [0, 0.05) is 37.8 Å². The number of nitrogens with one attached hydrogen (secondary N) is 1. The summed E-state index contributed by atoms with van der Waals surface area (Å²) in [7, 11) is 5.05. The second-order valence-electron chi connectivity index (χ2n) is 4.72. The Labute approximate surface area is 114 Å². The third-order valence-electron chi connectivity index (χ3n) is 2.84. The van der Waals surface area contributed by atoms with Gasteiger partial charge < -0.3 is 20.1 Å². The van der Waals surface area contributed by atoms with E-state index in [-0.39, 0.29) is 18.6 Å². The number of methoxy groups -OCH3 is 1. The van der Waals surface area contributed by atoms with Crippen molar-refractivity contribution in [1.82, 2.24) is 4.90 Å². The van der Waals surface area contributed by atoms with E-state index >= 15 is 0 Å². The molecule has 1 rings (SSSR count). The first-order chi connectivity index (χ1) is 8.97. The number of nitrogens with zero attached hydrogens (tertiary/aromatic N) is 1. The smallest absolute Gasteiger partial charge is 0.224 e. The van der Waals surface area contributed by atoms with Crippen LogP contribution in [0.15, 0.2) is 18.2 Å². The molecule has 0 saturated heterocycles. The van der Waals surface area contributed by atoms with Crippen LogP contribution in [0, 0.1) is 0 Å². The lowest BCUT2D eigenvalue weighted by molar-refractivity contribution is -0.128. The largest absolute Gasteiger partial charge is 0.496 e. The summed E-state index contributed by atoms with van der Waals surface area (Å²) in [6, 6.07) is 5.52. The second kappa shape index (κ2) is 6.99. The van der Waals surface area contributed by atoms with Crippen LogP contribution in [0.2, 0.25) is 0 Å². The van der Waals surface area contributed by atoms with Crippen LogP contribution in [0.25, 0.3) is 0 Å². The Morgan fingerprint density at radius 1 is 1.47 bits per heavy atom. The van der Waals surface area contributed by atoms with Crippen molar-refractivity contribution in [3.63, 3.8) is 0 Å². The molecule has 1 amide bonds. The maximum atomic E-state index is 11.6. The summed E-state index contributed by atoms with van der Waals surface area (Å²) < 4.78 is 5.14. The fraction of sp³-hybridized carbons (Fsp3) is 0.500. The number of hydrogen-bond acceptors (Lipinski definition) is 4. The van der Waals surface area contributed by atoms with Crippen molar-refractivity contribution in [2.75, 3.05) is 26.5 Å². The average molecular weight is 266 g/mol. The molecule has 0 aliphatic rings. The number of carbonyl (C=O) groups excluding carboxylic acids is 1. The maximum Gasteiger partial charge on any atom is 0.224 e. The standard InChI is InChI=1S/C14H22N2O3/c1-10(7-14(18)16(2)3)15-12-5-6-13(19-4)11(8-12)9-17/h5-6,8,10,15,17H,7,9H2,1-4H3. The predicted molar refractivity (Wildman–Crippen MR) is 75.3 cm³/mol. The van der Waals surface area contributed by atoms with Gasteiger partial charge in [-0.3, -0.25) is 4.79 Å². The molecular formula is C14H22N2O3. The Balaban J connectivity index is 2.69. The Kier molecular flexibility index (Phi) is 5.63. The maximum absolute atomic E-state index is 11.6. The fourth-order valence-electron chi connectivity index (χ4n) is 1.77. The minimum absolute atomic E-state index is 0.0230. The van der Waals surface area contributed by atoms with Crippen LogP contribution < -0.4 is 10.1 Å². The molecule has 0 fully saturated rings. The van der Waals surface area contributed by atoms with E-state index < -0.39 is 0 Å². The van der Waals surface area contributed by atoms with Gasteiger partial charge in [-0.2, -0.15) is 0 Å². The Morgan fingerprint density at radius 2 is 2.16 bits per heavy atom. The number of aliphatic hydroxyl groups excluding tert-OH is 1. The molecule has 0 bridgehead atoms. The van der Waals surface area contributed by atoms with Crippen LogP contribution in [0.4, 0.5) is 5.69 Å². The van der Waals surface area contributed by atoms with Gasteiger partial charge in [0.1, 0.15) is 5.75 Å². The van der Waals surface area contributed by atoms with Crippen LogP contribution in [0.5, 0.6) is 5.75 Å². The highest BCUT2D eigenvalue weighted by molar-refractivity contribution is 5.76. The number of hydrogen-bond donors (Lipinski definition) is 2. The molecule has 0 saturated carbocycles. The summed E-state index contributed by atoms with van der Waals surface area (Å²) >= 11 is 0. The van der Waals surface area contributed by atoms with Crippen molar-refractivity contribution in [2.45, 2.75) is 26.0 Å². The van der Waals surface area contributed by atoms with Gasteiger partial charge in [0.15, 0.2) is 0 Å². The summed E-state index contributed by atoms with van der Waals surface area (Å²) in [4.78, 5) is 13.2.